The summed E-state index contributed by atoms with van der Waals surface area (Å²) in [5, 5.41) is 3.43. The van der Waals surface area contributed by atoms with Crippen LogP contribution >= 0.6 is 11.3 Å². The first-order valence-electron chi connectivity index (χ1n) is 9.78. The Bertz CT molecular complexity index is 1170. The number of amides is 1. The molecule has 6 nitrogen and oxygen atoms in total. The van der Waals surface area contributed by atoms with Crippen molar-refractivity contribution in [3.63, 3.8) is 0 Å². The van der Waals surface area contributed by atoms with Crippen molar-refractivity contribution in [3.8, 4) is 0 Å². The molecular formula is C24H21N3O3S. The minimum Gasteiger partial charge on any atom is -0.449 e. The third kappa shape index (κ3) is 4.73. The molecule has 31 heavy (non-hydrogen) atoms. The molecule has 1 amide bonds. The molecular weight excluding hydrogens is 410 g/mol. The van der Waals surface area contributed by atoms with Gasteiger partial charge in [0.15, 0.2) is 11.2 Å². The van der Waals surface area contributed by atoms with E-state index in [0.29, 0.717) is 10.7 Å². The zero-order chi connectivity index (χ0) is 21.8. The van der Waals surface area contributed by atoms with Crippen molar-refractivity contribution in [2.45, 2.75) is 19.1 Å². The molecule has 4 rings (SSSR count). The summed E-state index contributed by atoms with van der Waals surface area (Å²) in [6.07, 6.45) is -0.968. The number of nitrogens with zero attached hydrogens (tertiary/aromatic N) is 1. The Kier molecular flexibility index (Phi) is 5.95. The molecule has 0 fully saturated rings. The number of aromatic nitrogens is 1. The highest BCUT2D eigenvalue weighted by molar-refractivity contribution is 7.22. The maximum atomic E-state index is 12.9. The van der Waals surface area contributed by atoms with Crippen LogP contribution < -0.4 is 11.1 Å². The number of esters is 1. The summed E-state index contributed by atoms with van der Waals surface area (Å²) in [5.74, 6) is -0.957. The fourth-order valence-corrected chi connectivity index (χ4v) is 4.03. The number of thiazole rings is 1. The Labute approximate surface area is 183 Å². The molecule has 0 spiro atoms. The fraction of sp³-hybridized carbons (Fsp3) is 0.125. The lowest BCUT2D eigenvalue weighted by Crippen LogP contribution is -2.38. The van der Waals surface area contributed by atoms with Crippen LogP contribution in [0, 0.1) is 0 Å². The van der Waals surface area contributed by atoms with Gasteiger partial charge in [0.25, 0.3) is 5.91 Å². The van der Waals surface area contributed by atoms with Gasteiger partial charge in [-0.05, 0) is 36.2 Å². The minimum atomic E-state index is -0.968. The highest BCUT2D eigenvalue weighted by Crippen LogP contribution is 2.25. The molecule has 7 heteroatoms. The molecule has 0 aliphatic heterocycles. The maximum Gasteiger partial charge on any atom is 0.338 e. The predicted octanol–water partition coefficient (Wildman–Crippen LogP) is 4.33. The van der Waals surface area contributed by atoms with Gasteiger partial charge in [0.1, 0.15) is 0 Å². The molecule has 0 bridgehead atoms. The highest BCUT2D eigenvalue weighted by Gasteiger charge is 2.24. The Morgan fingerprint density at radius 2 is 1.58 bits per heavy atom. The molecule has 1 atom stereocenters. The number of benzene rings is 3. The van der Waals surface area contributed by atoms with Crippen LogP contribution in [-0.2, 0) is 9.53 Å². The lowest BCUT2D eigenvalue weighted by Gasteiger charge is -2.22. The SMILES string of the molecule is CC(OC(=O)c1ccc2nc(N)sc2c1)C(=O)NC(c1ccccc1)c1ccccc1. The molecule has 0 saturated heterocycles. The summed E-state index contributed by atoms with van der Waals surface area (Å²) < 4.78 is 6.22. The van der Waals surface area contributed by atoms with Crippen LogP contribution in [0.3, 0.4) is 0 Å². The number of nitrogen functional groups attached to an aromatic ring is 1. The van der Waals surface area contributed by atoms with E-state index in [1.807, 2.05) is 60.7 Å². The molecule has 1 unspecified atom stereocenters. The Morgan fingerprint density at radius 1 is 0.968 bits per heavy atom. The molecule has 0 aliphatic rings. The summed E-state index contributed by atoms with van der Waals surface area (Å²) >= 11 is 1.29. The predicted molar refractivity (Wildman–Crippen MR) is 122 cm³/mol. The smallest absolute Gasteiger partial charge is 0.338 e. The zero-order valence-corrected chi connectivity index (χ0v) is 17.6. The van der Waals surface area contributed by atoms with E-state index < -0.39 is 12.1 Å². The Morgan fingerprint density at radius 3 is 2.19 bits per heavy atom. The van der Waals surface area contributed by atoms with Gasteiger partial charge < -0.3 is 15.8 Å². The van der Waals surface area contributed by atoms with Crippen LogP contribution in [0.1, 0.15) is 34.5 Å². The fourth-order valence-electron chi connectivity index (χ4n) is 3.26. The number of anilines is 1. The number of rotatable bonds is 6. The van der Waals surface area contributed by atoms with Crippen LogP contribution in [0.4, 0.5) is 5.13 Å². The van der Waals surface area contributed by atoms with Gasteiger partial charge in [0.05, 0.1) is 21.8 Å². The van der Waals surface area contributed by atoms with Crippen molar-refractivity contribution in [2.75, 3.05) is 5.73 Å². The van der Waals surface area contributed by atoms with Crippen LogP contribution in [0.25, 0.3) is 10.2 Å². The van der Waals surface area contributed by atoms with E-state index in [-0.39, 0.29) is 11.9 Å². The number of ether oxygens (including phenoxy) is 1. The minimum absolute atomic E-state index is 0.346. The molecule has 4 aromatic rings. The summed E-state index contributed by atoms with van der Waals surface area (Å²) in [5.41, 5.74) is 8.66. The lowest BCUT2D eigenvalue weighted by atomic mass is 9.98. The van der Waals surface area contributed by atoms with Gasteiger partial charge in [0, 0.05) is 0 Å². The number of carbonyl (C=O) groups excluding carboxylic acids is 2. The molecule has 0 aliphatic carbocycles. The molecule has 0 saturated carbocycles. The van der Waals surface area contributed by atoms with E-state index >= 15 is 0 Å². The first-order valence-corrected chi connectivity index (χ1v) is 10.6. The van der Waals surface area contributed by atoms with E-state index in [2.05, 4.69) is 10.3 Å². The van der Waals surface area contributed by atoms with E-state index in [4.69, 9.17) is 10.5 Å². The number of hydrogen-bond donors (Lipinski definition) is 2. The normalized spacial score (nSPS) is 11.9. The number of hydrogen-bond acceptors (Lipinski definition) is 6. The summed E-state index contributed by atoms with van der Waals surface area (Å²) in [6, 6.07) is 24.0. The van der Waals surface area contributed by atoms with Crippen LogP contribution in [0.15, 0.2) is 78.9 Å². The molecule has 1 heterocycles. The molecule has 1 aromatic heterocycles. The van der Waals surface area contributed by atoms with Gasteiger partial charge in [-0.25, -0.2) is 9.78 Å². The van der Waals surface area contributed by atoms with Gasteiger partial charge in [-0.15, -0.1) is 0 Å². The van der Waals surface area contributed by atoms with Crippen molar-refractivity contribution >= 4 is 38.6 Å². The second-order valence-corrected chi connectivity index (χ2v) is 8.11. The largest absolute Gasteiger partial charge is 0.449 e. The summed E-state index contributed by atoms with van der Waals surface area (Å²) in [6.45, 7) is 1.56. The van der Waals surface area contributed by atoms with Crippen LogP contribution in [0.2, 0.25) is 0 Å². The average molecular weight is 432 g/mol. The van der Waals surface area contributed by atoms with Gasteiger partial charge in [-0.3, -0.25) is 4.79 Å². The third-order valence-corrected chi connectivity index (χ3v) is 5.69. The third-order valence-electron chi connectivity index (χ3n) is 4.85. The van der Waals surface area contributed by atoms with Crippen molar-refractivity contribution in [1.82, 2.24) is 10.3 Å². The van der Waals surface area contributed by atoms with Crippen molar-refractivity contribution in [3.05, 3.63) is 95.6 Å². The van der Waals surface area contributed by atoms with E-state index in [0.717, 1.165) is 21.3 Å². The number of nitrogens with one attached hydrogen (secondary N) is 1. The number of fused-ring (bicyclic) bond motifs is 1. The maximum absolute atomic E-state index is 12.9. The van der Waals surface area contributed by atoms with Gasteiger partial charge in [-0.2, -0.15) is 0 Å². The van der Waals surface area contributed by atoms with Crippen molar-refractivity contribution in [2.24, 2.45) is 0 Å². The number of nitrogens with two attached hydrogens (primary N) is 1. The van der Waals surface area contributed by atoms with Gasteiger partial charge >= 0.3 is 5.97 Å². The quantitative estimate of drug-likeness (QED) is 0.443. The monoisotopic (exact) mass is 431 g/mol. The number of carbonyl (C=O) groups is 2. The lowest BCUT2D eigenvalue weighted by molar-refractivity contribution is -0.129. The Balaban J connectivity index is 1.48. The van der Waals surface area contributed by atoms with Crippen LogP contribution in [0.5, 0.6) is 0 Å². The second-order valence-electron chi connectivity index (χ2n) is 7.05. The topological polar surface area (TPSA) is 94.3 Å². The molecule has 0 radical (unpaired) electrons. The average Bonchev–Trinajstić information content (AvgIpc) is 3.17. The van der Waals surface area contributed by atoms with Gasteiger partial charge in [-0.1, -0.05) is 72.0 Å². The van der Waals surface area contributed by atoms with E-state index in [1.54, 1.807) is 25.1 Å². The first-order chi connectivity index (χ1) is 15.0. The second kappa shape index (κ2) is 8.97. The van der Waals surface area contributed by atoms with Crippen molar-refractivity contribution in [1.29, 1.82) is 0 Å². The van der Waals surface area contributed by atoms with Gasteiger partial charge in [0.2, 0.25) is 0 Å². The van der Waals surface area contributed by atoms with Crippen LogP contribution in [-0.4, -0.2) is 23.0 Å². The summed E-state index contributed by atoms with van der Waals surface area (Å²) in [4.78, 5) is 29.6. The van der Waals surface area contributed by atoms with E-state index in [9.17, 15) is 9.59 Å². The molecule has 3 N–H and O–H groups in total. The van der Waals surface area contributed by atoms with Crippen molar-refractivity contribution < 1.29 is 14.3 Å². The van der Waals surface area contributed by atoms with E-state index in [1.165, 1.54) is 11.3 Å². The first kappa shape index (κ1) is 20.6. The standard InChI is InChI=1S/C24H21N3O3S/c1-15(30-23(29)18-12-13-19-20(14-18)31-24(25)26-19)22(28)27-21(16-8-4-2-5-9-16)17-10-6-3-7-11-17/h2-15,21H,1H3,(H2,25,26)(H,27,28). The summed E-state index contributed by atoms with van der Waals surface area (Å²) in [7, 11) is 0. The zero-order valence-electron chi connectivity index (χ0n) is 16.8. The molecule has 3 aromatic carbocycles. The molecule has 156 valence electrons. The Hall–Kier alpha value is -3.71. The highest BCUT2D eigenvalue weighted by atomic mass is 32.1.